The van der Waals surface area contributed by atoms with E-state index < -0.39 is 18.0 Å². The maximum atomic E-state index is 10.8. The predicted octanol–water partition coefficient (Wildman–Crippen LogP) is 0.789. The molecule has 0 aromatic heterocycles. The summed E-state index contributed by atoms with van der Waals surface area (Å²) in [6.07, 6.45) is 5.07. The molecule has 0 aromatic carbocycles. The highest BCUT2D eigenvalue weighted by atomic mass is 16.4. The lowest BCUT2D eigenvalue weighted by Gasteiger charge is -2.33. The van der Waals surface area contributed by atoms with Crippen molar-refractivity contribution < 1.29 is 19.8 Å². The Bertz CT molecular complexity index is 234. The van der Waals surface area contributed by atoms with E-state index in [0.717, 1.165) is 32.1 Å². The Morgan fingerprint density at radius 1 is 1.13 bits per heavy atom. The van der Waals surface area contributed by atoms with E-state index in [1.165, 1.54) is 4.90 Å². The Kier molecular flexibility index (Phi) is 4.08. The molecule has 86 valence electrons. The lowest BCUT2D eigenvalue weighted by molar-refractivity contribution is -0.157. The molecule has 0 atom stereocenters. The number of nitrogens with zero attached hydrogens (tertiary/aromatic N) is 1. The molecular formula is C10H17NO4. The normalized spacial score (nSPS) is 18.3. The first-order valence-corrected chi connectivity index (χ1v) is 5.21. The predicted molar refractivity (Wildman–Crippen MR) is 53.7 cm³/mol. The third-order valence-corrected chi connectivity index (χ3v) is 3.03. The van der Waals surface area contributed by atoms with Gasteiger partial charge in [0.05, 0.1) is 0 Å². The number of carboxylic acid groups (broad SMARTS) is 2. The van der Waals surface area contributed by atoms with Crippen LogP contribution in [0.25, 0.3) is 0 Å². The first kappa shape index (κ1) is 12.0. The van der Waals surface area contributed by atoms with E-state index in [1.54, 1.807) is 7.05 Å². The topological polar surface area (TPSA) is 77.8 Å². The van der Waals surface area contributed by atoms with E-state index >= 15 is 0 Å². The van der Waals surface area contributed by atoms with Gasteiger partial charge in [-0.15, -0.1) is 0 Å². The minimum atomic E-state index is -1.41. The van der Waals surface area contributed by atoms with E-state index in [4.69, 9.17) is 10.2 Å². The molecule has 1 fully saturated rings. The zero-order valence-corrected chi connectivity index (χ0v) is 8.85. The minimum Gasteiger partial charge on any atom is -0.480 e. The monoisotopic (exact) mass is 215 g/mol. The molecule has 0 bridgehead atoms. The van der Waals surface area contributed by atoms with Crippen LogP contribution in [0.3, 0.4) is 0 Å². The highest BCUT2D eigenvalue weighted by Gasteiger charge is 2.34. The summed E-state index contributed by atoms with van der Waals surface area (Å²) in [4.78, 5) is 23.1. The van der Waals surface area contributed by atoms with Crippen molar-refractivity contribution in [2.24, 2.45) is 0 Å². The molecule has 1 rings (SSSR count). The molecule has 0 amide bonds. The molecule has 5 heteroatoms. The van der Waals surface area contributed by atoms with Gasteiger partial charge in [0, 0.05) is 6.04 Å². The lowest BCUT2D eigenvalue weighted by Crippen LogP contribution is -2.50. The number of carbonyl (C=O) groups is 2. The Morgan fingerprint density at radius 2 is 1.60 bits per heavy atom. The third-order valence-electron chi connectivity index (χ3n) is 3.03. The zero-order chi connectivity index (χ0) is 11.4. The maximum Gasteiger partial charge on any atom is 0.332 e. The van der Waals surface area contributed by atoms with Crippen LogP contribution in [0, 0.1) is 0 Å². The fraction of sp³-hybridized carbons (Fsp3) is 0.800. The van der Waals surface area contributed by atoms with Gasteiger partial charge < -0.3 is 10.2 Å². The van der Waals surface area contributed by atoms with Gasteiger partial charge in [-0.1, -0.05) is 19.3 Å². The van der Waals surface area contributed by atoms with Crippen molar-refractivity contribution in [2.45, 2.75) is 44.2 Å². The fourth-order valence-corrected chi connectivity index (χ4v) is 2.15. The van der Waals surface area contributed by atoms with Crippen molar-refractivity contribution in [3.05, 3.63) is 0 Å². The van der Waals surface area contributed by atoms with Crippen molar-refractivity contribution >= 4 is 11.9 Å². The average Bonchev–Trinajstić information content (AvgIpc) is 2.18. The standard InChI is InChI=1S/C10H17NO4/c1-11(7-5-3-2-4-6-7)8(9(12)13)10(14)15/h7-8H,2-6H2,1H3,(H,12,13)(H,14,15). The summed E-state index contributed by atoms with van der Waals surface area (Å²) in [5.41, 5.74) is 0. The average molecular weight is 215 g/mol. The fourth-order valence-electron chi connectivity index (χ4n) is 2.15. The zero-order valence-electron chi connectivity index (χ0n) is 8.85. The van der Waals surface area contributed by atoms with E-state index in [1.807, 2.05) is 0 Å². The lowest BCUT2D eigenvalue weighted by atomic mass is 9.93. The maximum absolute atomic E-state index is 10.8. The molecule has 2 N–H and O–H groups in total. The molecule has 1 aliphatic rings. The Morgan fingerprint density at radius 3 is 2.00 bits per heavy atom. The van der Waals surface area contributed by atoms with Crippen LogP contribution in [0.4, 0.5) is 0 Å². The molecule has 5 nitrogen and oxygen atoms in total. The van der Waals surface area contributed by atoms with Crippen LogP contribution < -0.4 is 0 Å². The second kappa shape index (κ2) is 5.11. The second-order valence-corrected chi connectivity index (χ2v) is 4.04. The molecule has 0 heterocycles. The van der Waals surface area contributed by atoms with Crippen molar-refractivity contribution in [2.75, 3.05) is 7.05 Å². The van der Waals surface area contributed by atoms with Crippen LogP contribution in [0.15, 0.2) is 0 Å². The Balaban J connectivity index is 2.65. The molecular weight excluding hydrogens is 198 g/mol. The molecule has 1 aliphatic carbocycles. The van der Waals surface area contributed by atoms with Gasteiger partial charge in [0.2, 0.25) is 6.04 Å². The summed E-state index contributed by atoms with van der Waals surface area (Å²) in [5, 5.41) is 17.6. The summed E-state index contributed by atoms with van der Waals surface area (Å²) in [5.74, 6) is -2.56. The van der Waals surface area contributed by atoms with Gasteiger partial charge in [-0.2, -0.15) is 0 Å². The van der Waals surface area contributed by atoms with Crippen LogP contribution in [0.2, 0.25) is 0 Å². The highest BCUT2D eigenvalue weighted by molar-refractivity contribution is 5.97. The van der Waals surface area contributed by atoms with Crippen LogP contribution in [0.5, 0.6) is 0 Å². The summed E-state index contributed by atoms with van der Waals surface area (Å²) in [7, 11) is 1.59. The summed E-state index contributed by atoms with van der Waals surface area (Å²) >= 11 is 0. The SMILES string of the molecule is CN(C1CCCCC1)C(C(=O)O)C(=O)O. The highest BCUT2D eigenvalue weighted by Crippen LogP contribution is 2.23. The van der Waals surface area contributed by atoms with Gasteiger partial charge >= 0.3 is 11.9 Å². The molecule has 1 saturated carbocycles. The molecule has 0 radical (unpaired) electrons. The first-order valence-electron chi connectivity index (χ1n) is 5.21. The van der Waals surface area contributed by atoms with Gasteiger partial charge in [-0.3, -0.25) is 4.90 Å². The Hall–Kier alpha value is -1.10. The number of carboxylic acids is 2. The van der Waals surface area contributed by atoms with Crippen LogP contribution in [0.1, 0.15) is 32.1 Å². The van der Waals surface area contributed by atoms with Gasteiger partial charge in [0.15, 0.2) is 0 Å². The summed E-state index contributed by atoms with van der Waals surface area (Å²) < 4.78 is 0. The van der Waals surface area contributed by atoms with Crippen molar-refractivity contribution in [3.8, 4) is 0 Å². The van der Waals surface area contributed by atoms with E-state index in [0.29, 0.717) is 0 Å². The Labute approximate surface area is 88.7 Å². The summed E-state index contributed by atoms with van der Waals surface area (Å²) in [6.45, 7) is 0. The first-order chi connectivity index (χ1) is 7.04. The number of rotatable bonds is 4. The molecule has 0 aliphatic heterocycles. The van der Waals surface area contributed by atoms with Crippen molar-refractivity contribution in [1.82, 2.24) is 4.90 Å². The van der Waals surface area contributed by atoms with Gasteiger partial charge in [-0.05, 0) is 19.9 Å². The van der Waals surface area contributed by atoms with Gasteiger partial charge in [0.1, 0.15) is 0 Å². The van der Waals surface area contributed by atoms with E-state index in [9.17, 15) is 9.59 Å². The second-order valence-electron chi connectivity index (χ2n) is 4.04. The van der Waals surface area contributed by atoms with Crippen LogP contribution >= 0.6 is 0 Å². The van der Waals surface area contributed by atoms with Crippen molar-refractivity contribution in [1.29, 1.82) is 0 Å². The minimum absolute atomic E-state index is 0.0935. The van der Waals surface area contributed by atoms with E-state index in [-0.39, 0.29) is 6.04 Å². The molecule has 0 unspecified atom stereocenters. The van der Waals surface area contributed by atoms with Gasteiger partial charge in [-0.25, -0.2) is 9.59 Å². The van der Waals surface area contributed by atoms with Crippen LogP contribution in [-0.2, 0) is 9.59 Å². The summed E-state index contributed by atoms with van der Waals surface area (Å²) in [6, 6.07) is -1.32. The molecule has 0 spiro atoms. The number of likely N-dealkylation sites (N-methyl/N-ethyl adjacent to an activating group) is 1. The largest absolute Gasteiger partial charge is 0.480 e. The number of aliphatic carboxylic acids is 2. The quantitative estimate of drug-likeness (QED) is 0.678. The van der Waals surface area contributed by atoms with E-state index in [2.05, 4.69) is 0 Å². The number of hydrogen-bond donors (Lipinski definition) is 2. The van der Waals surface area contributed by atoms with Crippen molar-refractivity contribution in [3.63, 3.8) is 0 Å². The smallest absolute Gasteiger partial charge is 0.332 e. The van der Waals surface area contributed by atoms with Crippen LogP contribution in [-0.4, -0.2) is 46.2 Å². The molecule has 0 saturated heterocycles. The number of hydrogen-bond acceptors (Lipinski definition) is 3. The molecule has 15 heavy (non-hydrogen) atoms. The molecule has 0 aromatic rings. The third kappa shape index (κ3) is 2.92. The van der Waals surface area contributed by atoms with Gasteiger partial charge in [0.25, 0.3) is 0 Å².